The van der Waals surface area contributed by atoms with Crippen LogP contribution >= 0.6 is 0 Å². The molecule has 3 aromatic carbocycles. The zero-order chi connectivity index (χ0) is 18.5. The monoisotopic (exact) mass is 351 g/mol. The van der Waals surface area contributed by atoms with Gasteiger partial charge in [-0.25, -0.2) is 9.18 Å². The first-order valence-electron chi connectivity index (χ1n) is 8.19. The Bertz CT molecular complexity index is 955. The Morgan fingerprint density at radius 3 is 2.50 bits per heavy atom. The van der Waals surface area contributed by atoms with E-state index in [1.165, 1.54) is 19.2 Å². The van der Waals surface area contributed by atoms with E-state index < -0.39 is 17.8 Å². The Hall–Kier alpha value is -3.21. The first kappa shape index (κ1) is 17.6. The highest BCUT2D eigenvalue weighted by Crippen LogP contribution is 2.16. The molecule has 3 rings (SSSR count). The van der Waals surface area contributed by atoms with E-state index in [4.69, 9.17) is 4.74 Å². The molecular weight excluding hydrogens is 333 g/mol. The van der Waals surface area contributed by atoms with Crippen LogP contribution < -0.4 is 5.32 Å². The van der Waals surface area contributed by atoms with Crippen molar-refractivity contribution in [2.24, 2.45) is 0 Å². The summed E-state index contributed by atoms with van der Waals surface area (Å²) in [6, 6.07) is 18.0. The van der Waals surface area contributed by atoms with Gasteiger partial charge in [0.05, 0.1) is 7.11 Å². The molecule has 0 aliphatic heterocycles. The van der Waals surface area contributed by atoms with Crippen LogP contribution in [-0.2, 0) is 16.0 Å². The van der Waals surface area contributed by atoms with Crippen molar-refractivity contribution in [1.29, 1.82) is 0 Å². The molecule has 4 nitrogen and oxygen atoms in total. The Morgan fingerprint density at radius 2 is 1.77 bits per heavy atom. The number of fused-ring (bicyclic) bond motifs is 1. The van der Waals surface area contributed by atoms with Gasteiger partial charge in [-0.3, -0.25) is 4.79 Å². The molecule has 0 unspecified atom stereocenters. The normalized spacial score (nSPS) is 11.8. The molecule has 1 amide bonds. The highest BCUT2D eigenvalue weighted by molar-refractivity contribution is 6.00. The molecule has 0 aliphatic carbocycles. The minimum Gasteiger partial charge on any atom is -0.467 e. The van der Waals surface area contributed by atoms with Crippen LogP contribution in [0.1, 0.15) is 15.9 Å². The van der Waals surface area contributed by atoms with Crippen molar-refractivity contribution in [3.05, 3.63) is 83.7 Å². The Morgan fingerprint density at radius 1 is 1.00 bits per heavy atom. The molecule has 0 saturated carbocycles. The Kier molecular flexibility index (Phi) is 5.27. The number of carbonyl (C=O) groups excluding carboxylic acids is 2. The number of rotatable bonds is 5. The fraction of sp³-hybridized carbons (Fsp3) is 0.143. The third-order valence-corrected chi connectivity index (χ3v) is 4.13. The molecular formula is C21H18FNO3. The molecule has 1 atom stereocenters. The molecule has 1 N–H and O–H groups in total. The number of hydrogen-bond donors (Lipinski definition) is 1. The lowest BCUT2D eigenvalue weighted by Crippen LogP contribution is -2.43. The van der Waals surface area contributed by atoms with Gasteiger partial charge in [-0.2, -0.15) is 0 Å². The number of ether oxygens (including phenoxy) is 1. The quantitative estimate of drug-likeness (QED) is 0.716. The number of nitrogens with one attached hydrogen (secondary N) is 1. The van der Waals surface area contributed by atoms with Crippen LogP contribution in [0.25, 0.3) is 10.8 Å². The number of hydrogen-bond acceptors (Lipinski definition) is 3. The molecule has 0 bridgehead atoms. The molecule has 0 saturated heterocycles. The SMILES string of the molecule is COC(=O)[C@@H](Cc1cccc(F)c1)NC(=O)c1ccc2ccccc2c1. The number of methoxy groups -OCH3 is 1. The number of amides is 1. The second-order valence-corrected chi connectivity index (χ2v) is 5.95. The molecule has 3 aromatic rings. The maximum atomic E-state index is 13.4. The minimum absolute atomic E-state index is 0.143. The van der Waals surface area contributed by atoms with Crippen LogP contribution in [0.2, 0.25) is 0 Å². The Balaban J connectivity index is 1.80. The van der Waals surface area contributed by atoms with Crippen LogP contribution in [0.15, 0.2) is 66.7 Å². The topological polar surface area (TPSA) is 55.4 Å². The zero-order valence-corrected chi connectivity index (χ0v) is 14.2. The van der Waals surface area contributed by atoms with Crippen molar-refractivity contribution >= 4 is 22.6 Å². The predicted molar refractivity (Wildman–Crippen MR) is 97.3 cm³/mol. The second-order valence-electron chi connectivity index (χ2n) is 5.95. The van der Waals surface area contributed by atoms with Gasteiger partial charge in [0.25, 0.3) is 5.91 Å². The van der Waals surface area contributed by atoms with Gasteiger partial charge >= 0.3 is 5.97 Å². The van der Waals surface area contributed by atoms with Gasteiger partial charge in [0.15, 0.2) is 0 Å². The molecule has 0 radical (unpaired) electrons. The van der Waals surface area contributed by atoms with Crippen LogP contribution in [-0.4, -0.2) is 25.0 Å². The fourth-order valence-electron chi connectivity index (χ4n) is 2.81. The van der Waals surface area contributed by atoms with Crippen LogP contribution in [0.3, 0.4) is 0 Å². The highest BCUT2D eigenvalue weighted by atomic mass is 19.1. The van der Waals surface area contributed by atoms with E-state index in [1.807, 2.05) is 30.3 Å². The van der Waals surface area contributed by atoms with Gasteiger partial charge in [-0.1, -0.05) is 42.5 Å². The maximum Gasteiger partial charge on any atom is 0.328 e. The van der Waals surface area contributed by atoms with Crippen molar-refractivity contribution in [3.63, 3.8) is 0 Å². The largest absolute Gasteiger partial charge is 0.467 e. The summed E-state index contributed by atoms with van der Waals surface area (Å²) in [4.78, 5) is 24.6. The number of esters is 1. The third-order valence-electron chi connectivity index (χ3n) is 4.13. The predicted octanol–water partition coefficient (Wildman–Crippen LogP) is 3.49. The smallest absolute Gasteiger partial charge is 0.328 e. The van der Waals surface area contributed by atoms with Crippen molar-refractivity contribution in [3.8, 4) is 0 Å². The summed E-state index contributed by atoms with van der Waals surface area (Å²) in [5, 5.41) is 4.63. The summed E-state index contributed by atoms with van der Waals surface area (Å²) in [5.74, 6) is -1.36. The van der Waals surface area contributed by atoms with Crippen molar-refractivity contribution < 1.29 is 18.7 Å². The summed E-state index contributed by atoms with van der Waals surface area (Å²) >= 11 is 0. The number of carbonyl (C=O) groups is 2. The van der Waals surface area contributed by atoms with Gasteiger partial charge < -0.3 is 10.1 Å². The molecule has 5 heteroatoms. The van der Waals surface area contributed by atoms with Crippen LogP contribution in [0.5, 0.6) is 0 Å². The number of halogens is 1. The average molecular weight is 351 g/mol. The average Bonchev–Trinajstić information content (AvgIpc) is 2.66. The lowest BCUT2D eigenvalue weighted by Gasteiger charge is -2.17. The summed E-state index contributed by atoms with van der Waals surface area (Å²) in [6.07, 6.45) is 0.143. The van der Waals surface area contributed by atoms with E-state index >= 15 is 0 Å². The summed E-state index contributed by atoms with van der Waals surface area (Å²) < 4.78 is 18.1. The maximum absolute atomic E-state index is 13.4. The van der Waals surface area contributed by atoms with E-state index in [9.17, 15) is 14.0 Å². The third kappa shape index (κ3) is 4.06. The van der Waals surface area contributed by atoms with E-state index in [0.29, 0.717) is 11.1 Å². The van der Waals surface area contributed by atoms with Crippen LogP contribution in [0.4, 0.5) is 4.39 Å². The first-order chi connectivity index (χ1) is 12.6. The lowest BCUT2D eigenvalue weighted by atomic mass is 10.0. The van der Waals surface area contributed by atoms with E-state index in [2.05, 4.69) is 5.32 Å². The summed E-state index contributed by atoms with van der Waals surface area (Å²) in [7, 11) is 1.25. The van der Waals surface area contributed by atoms with Crippen molar-refractivity contribution in [2.45, 2.75) is 12.5 Å². The van der Waals surface area contributed by atoms with Crippen molar-refractivity contribution in [1.82, 2.24) is 5.32 Å². The number of benzene rings is 3. The molecule has 0 aromatic heterocycles. The van der Waals surface area contributed by atoms with Gasteiger partial charge in [-0.05, 0) is 40.6 Å². The molecule has 26 heavy (non-hydrogen) atoms. The standard InChI is InChI=1S/C21H18FNO3/c1-26-21(25)19(12-14-5-4-8-18(22)11-14)23-20(24)17-10-9-15-6-2-3-7-16(15)13-17/h2-11,13,19H,12H2,1H3,(H,23,24)/t19-/m1/s1. The van der Waals surface area contributed by atoms with E-state index in [0.717, 1.165) is 10.8 Å². The second kappa shape index (κ2) is 7.78. The first-order valence-corrected chi connectivity index (χ1v) is 8.19. The summed E-state index contributed by atoms with van der Waals surface area (Å²) in [6.45, 7) is 0. The van der Waals surface area contributed by atoms with Gasteiger partial charge in [0.1, 0.15) is 11.9 Å². The molecule has 0 spiro atoms. The molecule has 0 heterocycles. The minimum atomic E-state index is -0.902. The molecule has 0 aliphatic rings. The van der Waals surface area contributed by atoms with Crippen LogP contribution in [0, 0.1) is 5.82 Å². The van der Waals surface area contributed by atoms with Gasteiger partial charge in [0.2, 0.25) is 0 Å². The van der Waals surface area contributed by atoms with Gasteiger partial charge in [0, 0.05) is 12.0 Å². The molecule has 0 fully saturated rings. The van der Waals surface area contributed by atoms with Gasteiger partial charge in [-0.15, -0.1) is 0 Å². The lowest BCUT2D eigenvalue weighted by molar-refractivity contribution is -0.142. The van der Waals surface area contributed by atoms with E-state index in [-0.39, 0.29) is 12.3 Å². The fourth-order valence-corrected chi connectivity index (χ4v) is 2.81. The highest BCUT2D eigenvalue weighted by Gasteiger charge is 2.23. The zero-order valence-electron chi connectivity index (χ0n) is 14.2. The van der Waals surface area contributed by atoms with E-state index in [1.54, 1.807) is 24.3 Å². The Labute approximate surface area is 150 Å². The molecule has 132 valence electrons. The van der Waals surface area contributed by atoms with Crippen molar-refractivity contribution in [2.75, 3.05) is 7.11 Å². The summed E-state index contributed by atoms with van der Waals surface area (Å²) in [5.41, 5.74) is 1.04.